The SMILES string of the molecule is OC(c1ccc(Cl)s1)C1C2COCC21. The molecule has 1 aliphatic heterocycles. The van der Waals surface area contributed by atoms with Crippen molar-refractivity contribution in [2.24, 2.45) is 17.8 Å². The van der Waals surface area contributed by atoms with E-state index in [-0.39, 0.29) is 6.10 Å². The average Bonchev–Trinajstić information content (AvgIpc) is 2.56. The molecule has 2 aliphatic rings. The van der Waals surface area contributed by atoms with Crippen LogP contribution in [-0.4, -0.2) is 18.3 Å². The minimum atomic E-state index is -0.327. The Morgan fingerprint density at radius 2 is 2.14 bits per heavy atom. The van der Waals surface area contributed by atoms with E-state index < -0.39 is 0 Å². The van der Waals surface area contributed by atoms with E-state index >= 15 is 0 Å². The zero-order valence-corrected chi connectivity index (χ0v) is 9.09. The highest BCUT2D eigenvalue weighted by molar-refractivity contribution is 7.16. The summed E-state index contributed by atoms with van der Waals surface area (Å²) in [5.74, 6) is 1.59. The van der Waals surface area contributed by atoms with E-state index in [4.69, 9.17) is 16.3 Å². The van der Waals surface area contributed by atoms with Gasteiger partial charge >= 0.3 is 0 Å². The van der Waals surface area contributed by atoms with Crippen LogP contribution in [0.5, 0.6) is 0 Å². The second kappa shape index (κ2) is 3.20. The smallest absolute Gasteiger partial charge is 0.0932 e. The minimum absolute atomic E-state index is 0.327. The van der Waals surface area contributed by atoms with Gasteiger partial charge in [-0.15, -0.1) is 11.3 Å². The highest BCUT2D eigenvalue weighted by atomic mass is 35.5. The van der Waals surface area contributed by atoms with Gasteiger partial charge in [0, 0.05) is 10.8 Å². The van der Waals surface area contributed by atoms with Crippen molar-refractivity contribution in [2.75, 3.05) is 13.2 Å². The number of aliphatic hydroxyl groups excluding tert-OH is 1. The predicted molar refractivity (Wildman–Crippen MR) is 55.6 cm³/mol. The average molecular weight is 231 g/mol. The molecule has 0 spiro atoms. The van der Waals surface area contributed by atoms with Crippen LogP contribution >= 0.6 is 22.9 Å². The van der Waals surface area contributed by atoms with Crippen LogP contribution < -0.4 is 0 Å². The molecule has 0 aromatic carbocycles. The highest BCUT2D eigenvalue weighted by Crippen LogP contribution is 2.57. The molecule has 1 aromatic rings. The maximum atomic E-state index is 10.1. The van der Waals surface area contributed by atoms with Gasteiger partial charge in [-0.05, 0) is 24.0 Å². The van der Waals surface area contributed by atoms with E-state index in [9.17, 15) is 5.11 Å². The Balaban J connectivity index is 1.75. The second-order valence-corrected chi connectivity index (χ2v) is 5.78. The lowest BCUT2D eigenvalue weighted by Gasteiger charge is -2.10. The highest BCUT2D eigenvalue weighted by Gasteiger charge is 2.57. The van der Waals surface area contributed by atoms with Crippen LogP contribution in [0.2, 0.25) is 4.34 Å². The maximum Gasteiger partial charge on any atom is 0.0932 e. The van der Waals surface area contributed by atoms with Crippen molar-refractivity contribution in [1.29, 1.82) is 0 Å². The fraction of sp³-hybridized carbons (Fsp3) is 0.600. The van der Waals surface area contributed by atoms with Crippen LogP contribution in [0.15, 0.2) is 12.1 Å². The lowest BCUT2D eigenvalue weighted by molar-refractivity contribution is 0.0906. The molecule has 14 heavy (non-hydrogen) atoms. The maximum absolute atomic E-state index is 10.1. The number of rotatable bonds is 2. The van der Waals surface area contributed by atoms with Crippen LogP contribution in [0.1, 0.15) is 11.0 Å². The molecule has 76 valence electrons. The molecule has 3 atom stereocenters. The third kappa shape index (κ3) is 1.31. The van der Waals surface area contributed by atoms with Crippen LogP contribution in [0.25, 0.3) is 0 Å². The minimum Gasteiger partial charge on any atom is -0.387 e. The Bertz CT molecular complexity index is 342. The number of aliphatic hydroxyl groups is 1. The molecule has 0 bridgehead atoms. The third-order valence-electron chi connectivity index (χ3n) is 3.27. The molecule has 0 amide bonds. The number of hydrogen-bond acceptors (Lipinski definition) is 3. The Kier molecular flexibility index (Phi) is 2.10. The largest absolute Gasteiger partial charge is 0.387 e. The van der Waals surface area contributed by atoms with Crippen LogP contribution in [-0.2, 0) is 4.74 Å². The fourth-order valence-electron chi connectivity index (χ4n) is 2.43. The van der Waals surface area contributed by atoms with E-state index in [1.54, 1.807) is 0 Å². The van der Waals surface area contributed by atoms with Crippen molar-refractivity contribution in [3.63, 3.8) is 0 Å². The number of thiophene rings is 1. The lowest BCUT2D eigenvalue weighted by atomic mass is 10.1. The Hall–Kier alpha value is -0.0900. The first-order valence-electron chi connectivity index (χ1n) is 4.78. The van der Waals surface area contributed by atoms with Gasteiger partial charge < -0.3 is 9.84 Å². The van der Waals surface area contributed by atoms with E-state index in [1.807, 2.05) is 12.1 Å². The van der Waals surface area contributed by atoms with Gasteiger partial charge in [-0.2, -0.15) is 0 Å². The molecule has 1 saturated heterocycles. The van der Waals surface area contributed by atoms with Crippen molar-refractivity contribution in [2.45, 2.75) is 6.10 Å². The van der Waals surface area contributed by atoms with Gasteiger partial charge in [-0.3, -0.25) is 0 Å². The van der Waals surface area contributed by atoms with E-state index in [0.29, 0.717) is 17.8 Å². The van der Waals surface area contributed by atoms with E-state index in [2.05, 4.69) is 0 Å². The zero-order valence-electron chi connectivity index (χ0n) is 7.52. The standard InChI is InChI=1S/C10H11ClO2S/c11-8-2-1-7(14-8)10(12)9-5-3-13-4-6(5)9/h1-2,5-6,9-10,12H,3-4H2. The summed E-state index contributed by atoms with van der Waals surface area (Å²) in [7, 11) is 0. The Morgan fingerprint density at radius 3 is 2.71 bits per heavy atom. The Labute approximate surface area is 91.5 Å². The van der Waals surface area contributed by atoms with Crippen molar-refractivity contribution >= 4 is 22.9 Å². The lowest BCUT2D eigenvalue weighted by Crippen LogP contribution is -2.06. The summed E-state index contributed by atoms with van der Waals surface area (Å²) < 4.78 is 6.05. The predicted octanol–water partition coefficient (Wildman–Crippen LogP) is 2.33. The molecule has 1 N–H and O–H groups in total. The molecule has 2 fully saturated rings. The van der Waals surface area contributed by atoms with E-state index in [0.717, 1.165) is 22.4 Å². The second-order valence-electron chi connectivity index (χ2n) is 4.03. The summed E-state index contributed by atoms with van der Waals surface area (Å²) in [6.07, 6.45) is -0.327. The fourth-order valence-corrected chi connectivity index (χ4v) is 3.53. The molecule has 1 aliphatic carbocycles. The topological polar surface area (TPSA) is 29.5 Å². The van der Waals surface area contributed by atoms with Gasteiger partial charge in [-0.1, -0.05) is 11.6 Å². The molecule has 3 unspecified atom stereocenters. The number of ether oxygens (including phenoxy) is 1. The van der Waals surface area contributed by atoms with Crippen LogP contribution in [0.3, 0.4) is 0 Å². The van der Waals surface area contributed by atoms with Gasteiger partial charge in [0.15, 0.2) is 0 Å². The third-order valence-corrected chi connectivity index (χ3v) is 4.57. The first-order chi connectivity index (χ1) is 6.77. The quantitative estimate of drug-likeness (QED) is 0.845. The zero-order chi connectivity index (χ0) is 9.71. The molecule has 1 saturated carbocycles. The first-order valence-corrected chi connectivity index (χ1v) is 5.98. The van der Waals surface area contributed by atoms with Gasteiger partial charge in [-0.25, -0.2) is 0 Å². The van der Waals surface area contributed by atoms with Crippen molar-refractivity contribution in [1.82, 2.24) is 0 Å². The molecule has 2 nitrogen and oxygen atoms in total. The molecule has 1 aromatic heterocycles. The molecule has 2 heterocycles. The van der Waals surface area contributed by atoms with Crippen molar-refractivity contribution < 1.29 is 9.84 Å². The van der Waals surface area contributed by atoms with Gasteiger partial charge in [0.25, 0.3) is 0 Å². The first kappa shape index (κ1) is 9.16. The molecular weight excluding hydrogens is 220 g/mol. The molecule has 4 heteroatoms. The number of halogens is 1. The summed E-state index contributed by atoms with van der Waals surface area (Å²) in [5, 5.41) is 10.1. The Morgan fingerprint density at radius 1 is 1.43 bits per heavy atom. The number of hydrogen-bond donors (Lipinski definition) is 1. The van der Waals surface area contributed by atoms with Crippen molar-refractivity contribution in [3.8, 4) is 0 Å². The number of fused-ring (bicyclic) bond motifs is 1. The van der Waals surface area contributed by atoms with Crippen LogP contribution in [0.4, 0.5) is 0 Å². The van der Waals surface area contributed by atoms with Gasteiger partial charge in [0.2, 0.25) is 0 Å². The summed E-state index contributed by atoms with van der Waals surface area (Å²) in [6.45, 7) is 1.65. The van der Waals surface area contributed by atoms with Crippen LogP contribution in [0, 0.1) is 17.8 Å². The van der Waals surface area contributed by atoms with Gasteiger partial charge in [0.1, 0.15) is 0 Å². The van der Waals surface area contributed by atoms with Gasteiger partial charge in [0.05, 0.1) is 23.7 Å². The molecular formula is C10H11ClO2S. The monoisotopic (exact) mass is 230 g/mol. The van der Waals surface area contributed by atoms with E-state index in [1.165, 1.54) is 11.3 Å². The molecule has 3 rings (SSSR count). The summed E-state index contributed by atoms with van der Waals surface area (Å²) in [5.41, 5.74) is 0. The van der Waals surface area contributed by atoms with Crippen molar-refractivity contribution in [3.05, 3.63) is 21.3 Å². The summed E-state index contributed by atoms with van der Waals surface area (Å²) in [4.78, 5) is 0.995. The summed E-state index contributed by atoms with van der Waals surface area (Å²) in [6, 6.07) is 3.77. The molecule has 0 radical (unpaired) electrons. The summed E-state index contributed by atoms with van der Waals surface area (Å²) >= 11 is 7.31. The normalized spacial score (nSPS) is 36.9.